The van der Waals surface area contributed by atoms with Crippen molar-refractivity contribution in [3.63, 3.8) is 0 Å². The van der Waals surface area contributed by atoms with Crippen molar-refractivity contribution in [3.05, 3.63) is 40.7 Å². The minimum atomic E-state index is -0.490. The summed E-state index contributed by atoms with van der Waals surface area (Å²) in [6.45, 7) is 1.78. The number of nitrogens with one attached hydrogen (secondary N) is 1. The van der Waals surface area contributed by atoms with Crippen LogP contribution in [-0.4, -0.2) is 38.2 Å². The first-order valence-electron chi connectivity index (χ1n) is 7.73. The fourth-order valence-electron chi connectivity index (χ4n) is 2.91. The molecule has 6 nitrogen and oxygen atoms in total. The Labute approximate surface area is 139 Å². The molecule has 1 heterocycles. The molecule has 0 bridgehead atoms. The number of aliphatic hydroxyl groups excluding tert-OH is 1. The van der Waals surface area contributed by atoms with Gasteiger partial charge in [-0.25, -0.2) is 4.68 Å². The van der Waals surface area contributed by atoms with Crippen LogP contribution in [0.1, 0.15) is 41.9 Å². The van der Waals surface area contributed by atoms with Crippen molar-refractivity contribution in [1.29, 1.82) is 0 Å². The molecular weight excluding hydrogens is 316 g/mol. The zero-order valence-electron chi connectivity index (χ0n) is 12.9. The summed E-state index contributed by atoms with van der Waals surface area (Å²) in [5, 5.41) is 21.5. The van der Waals surface area contributed by atoms with Crippen molar-refractivity contribution >= 4 is 17.5 Å². The lowest BCUT2D eigenvalue weighted by Crippen LogP contribution is -2.45. The number of hydrogen-bond acceptors (Lipinski definition) is 4. The average Bonchev–Trinajstić information content (AvgIpc) is 2.91. The Morgan fingerprint density at radius 2 is 2.17 bits per heavy atom. The first kappa shape index (κ1) is 16.0. The van der Waals surface area contributed by atoms with Gasteiger partial charge in [-0.2, -0.15) is 0 Å². The van der Waals surface area contributed by atoms with Crippen LogP contribution in [0, 0.1) is 6.92 Å². The fourth-order valence-corrected chi connectivity index (χ4v) is 3.09. The first-order valence-corrected chi connectivity index (χ1v) is 8.11. The number of nitrogens with zero attached hydrogens (tertiary/aromatic N) is 3. The van der Waals surface area contributed by atoms with E-state index < -0.39 is 6.10 Å². The van der Waals surface area contributed by atoms with E-state index in [9.17, 15) is 9.90 Å². The molecule has 1 fully saturated rings. The van der Waals surface area contributed by atoms with Gasteiger partial charge in [-0.05, 0) is 38.0 Å². The number of carbonyl (C=O) groups excluding carboxylic acids is 1. The molecule has 2 unspecified atom stereocenters. The highest BCUT2D eigenvalue weighted by molar-refractivity contribution is 6.30. The maximum atomic E-state index is 12.4. The molecule has 1 amide bonds. The quantitative estimate of drug-likeness (QED) is 0.902. The molecule has 0 radical (unpaired) electrons. The largest absolute Gasteiger partial charge is 0.391 e. The zero-order chi connectivity index (χ0) is 16.4. The van der Waals surface area contributed by atoms with Gasteiger partial charge in [0.05, 0.1) is 23.5 Å². The van der Waals surface area contributed by atoms with Gasteiger partial charge in [0.1, 0.15) is 0 Å². The molecule has 2 atom stereocenters. The van der Waals surface area contributed by atoms with Crippen molar-refractivity contribution in [2.24, 2.45) is 0 Å². The molecule has 0 saturated heterocycles. The number of benzene rings is 1. The minimum absolute atomic E-state index is 0.216. The number of hydrogen-bond donors (Lipinski definition) is 2. The maximum absolute atomic E-state index is 12.4. The summed E-state index contributed by atoms with van der Waals surface area (Å²) in [5.41, 5.74) is 1.65. The third-order valence-electron chi connectivity index (χ3n) is 4.21. The number of aliphatic hydroxyl groups is 1. The van der Waals surface area contributed by atoms with Gasteiger partial charge in [0, 0.05) is 5.02 Å². The van der Waals surface area contributed by atoms with Crippen molar-refractivity contribution in [3.8, 4) is 5.69 Å². The Hall–Kier alpha value is -1.92. The number of aromatic nitrogens is 3. The minimum Gasteiger partial charge on any atom is -0.391 e. The smallest absolute Gasteiger partial charge is 0.274 e. The topological polar surface area (TPSA) is 80.0 Å². The Bertz CT molecular complexity index is 716. The number of halogens is 1. The maximum Gasteiger partial charge on any atom is 0.274 e. The molecule has 1 aliphatic rings. The summed E-state index contributed by atoms with van der Waals surface area (Å²) in [6.07, 6.45) is 3.03. The van der Waals surface area contributed by atoms with E-state index in [4.69, 9.17) is 11.6 Å². The summed E-state index contributed by atoms with van der Waals surface area (Å²) < 4.78 is 1.58. The lowest BCUT2D eigenvalue weighted by atomic mass is 9.92. The van der Waals surface area contributed by atoms with Crippen LogP contribution in [0.3, 0.4) is 0 Å². The highest BCUT2D eigenvalue weighted by atomic mass is 35.5. The lowest BCUT2D eigenvalue weighted by Gasteiger charge is -2.28. The Kier molecular flexibility index (Phi) is 4.63. The molecule has 2 aromatic rings. The summed E-state index contributed by atoms with van der Waals surface area (Å²) in [7, 11) is 0. The fraction of sp³-hybridized carbons (Fsp3) is 0.438. The second kappa shape index (κ2) is 6.68. The Morgan fingerprint density at radius 3 is 2.91 bits per heavy atom. The predicted octanol–water partition coefficient (Wildman–Crippen LogP) is 2.26. The molecule has 7 heteroatoms. The zero-order valence-corrected chi connectivity index (χ0v) is 13.6. The van der Waals surface area contributed by atoms with E-state index in [1.54, 1.807) is 23.7 Å². The van der Waals surface area contributed by atoms with Gasteiger partial charge in [0.2, 0.25) is 0 Å². The van der Waals surface area contributed by atoms with Crippen LogP contribution in [0.4, 0.5) is 0 Å². The average molecular weight is 335 g/mol. The van der Waals surface area contributed by atoms with E-state index in [1.165, 1.54) is 0 Å². The predicted molar refractivity (Wildman–Crippen MR) is 86.8 cm³/mol. The van der Waals surface area contributed by atoms with Crippen LogP contribution in [0.25, 0.3) is 5.69 Å². The van der Waals surface area contributed by atoms with Gasteiger partial charge in [0.25, 0.3) is 5.91 Å². The molecule has 2 N–H and O–H groups in total. The third-order valence-corrected chi connectivity index (χ3v) is 4.44. The molecule has 1 aliphatic carbocycles. The monoisotopic (exact) mass is 334 g/mol. The van der Waals surface area contributed by atoms with Crippen molar-refractivity contribution < 1.29 is 9.90 Å². The van der Waals surface area contributed by atoms with E-state index in [2.05, 4.69) is 15.6 Å². The van der Waals surface area contributed by atoms with Crippen LogP contribution in [0.2, 0.25) is 5.02 Å². The summed E-state index contributed by atoms with van der Waals surface area (Å²) in [4.78, 5) is 12.4. The molecule has 23 heavy (non-hydrogen) atoms. The van der Waals surface area contributed by atoms with Gasteiger partial charge < -0.3 is 10.4 Å². The second-order valence-electron chi connectivity index (χ2n) is 5.85. The van der Waals surface area contributed by atoms with Crippen LogP contribution >= 0.6 is 11.6 Å². The van der Waals surface area contributed by atoms with Crippen molar-refractivity contribution in [1.82, 2.24) is 20.3 Å². The van der Waals surface area contributed by atoms with Gasteiger partial charge in [-0.15, -0.1) is 5.10 Å². The lowest BCUT2D eigenvalue weighted by molar-refractivity contribution is 0.0713. The Balaban J connectivity index is 1.80. The van der Waals surface area contributed by atoms with E-state index >= 15 is 0 Å². The van der Waals surface area contributed by atoms with Crippen molar-refractivity contribution in [2.45, 2.75) is 44.8 Å². The van der Waals surface area contributed by atoms with Gasteiger partial charge in [0.15, 0.2) is 5.69 Å². The Morgan fingerprint density at radius 1 is 1.39 bits per heavy atom. The SMILES string of the molecule is Cc1c(C(=O)NC2CCCCC2O)nnn1-c1cccc(Cl)c1. The van der Waals surface area contributed by atoms with Crippen LogP contribution in [0.15, 0.2) is 24.3 Å². The highest BCUT2D eigenvalue weighted by Gasteiger charge is 2.27. The molecule has 122 valence electrons. The molecule has 3 rings (SSSR count). The van der Waals surface area contributed by atoms with Crippen LogP contribution in [0.5, 0.6) is 0 Å². The number of rotatable bonds is 3. The number of carbonyl (C=O) groups is 1. The van der Waals surface area contributed by atoms with Crippen LogP contribution < -0.4 is 5.32 Å². The van der Waals surface area contributed by atoms with Gasteiger partial charge in [-0.3, -0.25) is 4.79 Å². The highest BCUT2D eigenvalue weighted by Crippen LogP contribution is 2.20. The molecule has 0 aliphatic heterocycles. The normalized spacial score (nSPS) is 21.2. The molecule has 0 spiro atoms. The van der Waals surface area contributed by atoms with Crippen LogP contribution in [-0.2, 0) is 0 Å². The molecular formula is C16H19ClN4O2. The van der Waals surface area contributed by atoms with E-state index in [0.29, 0.717) is 10.7 Å². The standard InChI is InChI=1S/C16H19ClN4O2/c1-10-15(16(23)18-13-7-2-3-8-14(13)22)19-20-21(10)12-6-4-5-11(17)9-12/h4-6,9,13-14,22H,2-3,7-8H2,1H3,(H,18,23). The third kappa shape index (κ3) is 3.38. The molecule has 1 saturated carbocycles. The van der Waals surface area contributed by atoms with Gasteiger partial charge >= 0.3 is 0 Å². The second-order valence-corrected chi connectivity index (χ2v) is 6.28. The van der Waals surface area contributed by atoms with Crippen molar-refractivity contribution in [2.75, 3.05) is 0 Å². The van der Waals surface area contributed by atoms with E-state index in [0.717, 1.165) is 31.4 Å². The summed E-state index contributed by atoms with van der Waals surface area (Å²) >= 11 is 5.99. The number of amides is 1. The van der Waals surface area contributed by atoms with E-state index in [-0.39, 0.29) is 17.6 Å². The van der Waals surface area contributed by atoms with E-state index in [1.807, 2.05) is 12.1 Å². The van der Waals surface area contributed by atoms with Gasteiger partial charge in [-0.1, -0.05) is 35.7 Å². The summed E-state index contributed by atoms with van der Waals surface area (Å²) in [5.74, 6) is -0.304. The first-order chi connectivity index (χ1) is 11.1. The summed E-state index contributed by atoms with van der Waals surface area (Å²) in [6, 6.07) is 6.98. The molecule has 1 aromatic carbocycles. The molecule has 1 aromatic heterocycles.